The van der Waals surface area contributed by atoms with Crippen LogP contribution in [0.5, 0.6) is 5.75 Å². The minimum absolute atomic E-state index is 0.0463. The van der Waals surface area contributed by atoms with E-state index in [0.717, 1.165) is 24.8 Å². The van der Waals surface area contributed by atoms with Crippen LogP contribution in [0.4, 0.5) is 4.39 Å². The molecular formula is C31H38FN3O6. The van der Waals surface area contributed by atoms with Gasteiger partial charge in [0.1, 0.15) is 11.6 Å². The summed E-state index contributed by atoms with van der Waals surface area (Å²) in [5.41, 5.74) is 1.04. The summed E-state index contributed by atoms with van der Waals surface area (Å²) in [7, 11) is 4.41. The van der Waals surface area contributed by atoms with Crippen LogP contribution in [0.3, 0.4) is 0 Å². The average molecular weight is 568 g/mol. The van der Waals surface area contributed by atoms with E-state index in [1.165, 1.54) is 49.0 Å². The van der Waals surface area contributed by atoms with E-state index in [0.29, 0.717) is 29.9 Å². The van der Waals surface area contributed by atoms with Gasteiger partial charge in [-0.1, -0.05) is 12.1 Å². The number of piperidine rings is 1. The lowest BCUT2D eigenvalue weighted by Crippen LogP contribution is -2.39. The number of Topliss-reactive ketones (excluding diaryl/α,β-unsaturated/α-hetero) is 1. The third-order valence-electron chi connectivity index (χ3n) is 7.27. The van der Waals surface area contributed by atoms with Crippen molar-refractivity contribution in [2.75, 3.05) is 34.3 Å². The number of ketones is 1. The number of likely N-dealkylation sites (N-methyl/N-ethyl adjacent to an activating group) is 1. The Hall–Kier alpha value is -3.76. The van der Waals surface area contributed by atoms with Gasteiger partial charge < -0.3 is 24.4 Å². The topological polar surface area (TPSA) is 101 Å². The van der Waals surface area contributed by atoms with Gasteiger partial charge in [0, 0.05) is 44.8 Å². The highest BCUT2D eigenvalue weighted by Crippen LogP contribution is 2.34. The Morgan fingerprint density at radius 3 is 2.27 bits per heavy atom. The molecule has 1 fully saturated rings. The Morgan fingerprint density at radius 2 is 1.71 bits per heavy atom. The summed E-state index contributed by atoms with van der Waals surface area (Å²) in [6.45, 7) is 6.42. The predicted octanol–water partition coefficient (Wildman–Crippen LogP) is 4.42. The van der Waals surface area contributed by atoms with Crippen LogP contribution < -0.4 is 4.74 Å². The number of likely N-dealkylation sites (tertiary alicyclic amines) is 1. The maximum atomic E-state index is 13.7. The van der Waals surface area contributed by atoms with Gasteiger partial charge in [0.2, 0.25) is 6.41 Å². The quantitative estimate of drug-likeness (QED) is 0.246. The highest BCUT2D eigenvalue weighted by atomic mass is 19.1. The van der Waals surface area contributed by atoms with Gasteiger partial charge in [-0.05, 0) is 69.7 Å². The summed E-state index contributed by atoms with van der Waals surface area (Å²) in [5, 5.41) is 11.2. The smallest absolute Gasteiger partial charge is 0.294 e. The van der Waals surface area contributed by atoms with Crippen LogP contribution in [0.15, 0.2) is 42.6 Å². The Bertz CT molecular complexity index is 1430. The van der Waals surface area contributed by atoms with Crippen LogP contribution in [0.25, 0.3) is 10.9 Å². The van der Waals surface area contributed by atoms with Crippen molar-refractivity contribution in [1.82, 2.24) is 14.4 Å². The molecule has 0 saturated carbocycles. The number of hydrogen-bond donors (Lipinski definition) is 1. The van der Waals surface area contributed by atoms with Gasteiger partial charge >= 0.3 is 0 Å². The number of methoxy groups -OCH3 is 1. The number of aliphatic hydroxyl groups is 1. The zero-order chi connectivity index (χ0) is 30.1. The van der Waals surface area contributed by atoms with E-state index in [1.54, 1.807) is 49.9 Å². The van der Waals surface area contributed by atoms with Crippen molar-refractivity contribution in [1.29, 1.82) is 0 Å². The van der Waals surface area contributed by atoms with Crippen LogP contribution in [0, 0.1) is 11.7 Å². The van der Waals surface area contributed by atoms with Crippen LogP contribution in [-0.4, -0.2) is 77.0 Å². The van der Waals surface area contributed by atoms with Gasteiger partial charge in [-0.3, -0.25) is 19.0 Å². The third-order valence-corrected chi connectivity index (χ3v) is 7.27. The standard InChI is InChI=1S/C31H38FN3O6/c1-31(2,3)41-30(39)35-18-24(27(36)29(38)33(4)5)22-16-23(26(40-6)17-25(22)35)28(37)34-13-11-20(12-14-34)15-19-7-9-21(32)10-8-19/h7-10,16-18,20,30,39H,11-15H2,1-6H3. The van der Waals surface area contributed by atoms with Crippen molar-refractivity contribution < 1.29 is 33.4 Å². The zero-order valence-electron chi connectivity index (χ0n) is 24.4. The maximum absolute atomic E-state index is 13.7. The Kier molecular flexibility index (Phi) is 8.84. The molecule has 41 heavy (non-hydrogen) atoms. The minimum atomic E-state index is -1.46. The first-order chi connectivity index (χ1) is 19.3. The van der Waals surface area contributed by atoms with E-state index < -0.39 is 23.7 Å². The molecule has 0 radical (unpaired) electrons. The molecule has 2 amide bonds. The van der Waals surface area contributed by atoms with Crippen LogP contribution >= 0.6 is 0 Å². The normalized spacial score (nSPS) is 15.2. The number of aliphatic hydroxyl groups excluding tert-OH is 1. The molecule has 1 aromatic heterocycles. The van der Waals surface area contributed by atoms with Gasteiger partial charge in [0.15, 0.2) is 0 Å². The molecule has 2 heterocycles. The molecule has 3 aromatic rings. The van der Waals surface area contributed by atoms with Crippen LogP contribution in [-0.2, 0) is 16.0 Å². The monoisotopic (exact) mass is 567 g/mol. The SMILES string of the molecule is COc1cc2c(cc1C(=O)N1CCC(Cc3ccc(F)cc3)CC1)c(C(=O)C(=O)N(C)C)cn2C(O)OC(C)(C)C. The van der Waals surface area contributed by atoms with Crippen molar-refractivity contribution in [3.8, 4) is 5.75 Å². The minimum Gasteiger partial charge on any atom is -0.496 e. The fourth-order valence-electron chi connectivity index (χ4n) is 5.13. The molecule has 220 valence electrons. The second-order valence-electron chi connectivity index (χ2n) is 11.7. The van der Waals surface area contributed by atoms with Crippen molar-refractivity contribution in [3.05, 3.63) is 65.1 Å². The number of benzene rings is 2. The molecule has 0 spiro atoms. The molecule has 9 nitrogen and oxygen atoms in total. The number of fused-ring (bicyclic) bond motifs is 1. The summed E-state index contributed by atoms with van der Waals surface area (Å²) in [4.78, 5) is 42.5. The van der Waals surface area contributed by atoms with E-state index in [1.807, 2.05) is 0 Å². The molecule has 0 bridgehead atoms. The molecule has 1 atom stereocenters. The molecule has 4 rings (SSSR count). The number of carbonyl (C=O) groups excluding carboxylic acids is 3. The number of ether oxygens (including phenoxy) is 2. The molecule has 1 aliphatic heterocycles. The second kappa shape index (κ2) is 12.0. The summed E-state index contributed by atoms with van der Waals surface area (Å²) >= 11 is 0. The summed E-state index contributed by atoms with van der Waals surface area (Å²) in [6.07, 6.45) is 2.32. The van der Waals surface area contributed by atoms with Crippen molar-refractivity contribution in [2.45, 2.75) is 52.0 Å². The molecule has 1 unspecified atom stereocenters. The molecule has 10 heteroatoms. The third kappa shape index (κ3) is 6.77. The second-order valence-corrected chi connectivity index (χ2v) is 11.7. The number of hydrogen-bond acceptors (Lipinski definition) is 6. The summed E-state index contributed by atoms with van der Waals surface area (Å²) in [5.74, 6) is -1.37. The van der Waals surface area contributed by atoms with E-state index in [-0.39, 0.29) is 28.6 Å². The average Bonchev–Trinajstić information content (AvgIpc) is 3.30. The molecule has 1 saturated heterocycles. The molecular weight excluding hydrogens is 529 g/mol. The number of nitrogens with zero attached hydrogens (tertiary/aromatic N) is 3. The Labute approximate surface area is 239 Å². The van der Waals surface area contributed by atoms with E-state index in [2.05, 4.69) is 0 Å². The summed E-state index contributed by atoms with van der Waals surface area (Å²) < 4.78 is 25.9. The lowest BCUT2D eigenvalue weighted by atomic mass is 9.90. The number of amides is 2. The molecule has 1 aliphatic rings. The number of carbonyl (C=O) groups is 3. The van der Waals surface area contributed by atoms with Gasteiger partial charge in [0.05, 0.1) is 29.4 Å². The largest absolute Gasteiger partial charge is 0.496 e. The lowest BCUT2D eigenvalue weighted by Gasteiger charge is -2.32. The highest BCUT2D eigenvalue weighted by Gasteiger charge is 2.30. The molecule has 0 aliphatic carbocycles. The Morgan fingerprint density at radius 1 is 1.07 bits per heavy atom. The summed E-state index contributed by atoms with van der Waals surface area (Å²) in [6, 6.07) is 9.64. The fourth-order valence-corrected chi connectivity index (χ4v) is 5.13. The zero-order valence-corrected chi connectivity index (χ0v) is 24.4. The fraction of sp³-hybridized carbons (Fsp3) is 0.452. The van der Waals surface area contributed by atoms with Crippen molar-refractivity contribution in [3.63, 3.8) is 0 Å². The van der Waals surface area contributed by atoms with E-state index in [9.17, 15) is 23.9 Å². The van der Waals surface area contributed by atoms with E-state index >= 15 is 0 Å². The maximum Gasteiger partial charge on any atom is 0.294 e. The van der Waals surface area contributed by atoms with Crippen molar-refractivity contribution in [2.24, 2.45) is 5.92 Å². The number of halogens is 1. The first kappa shape index (κ1) is 30.2. The van der Waals surface area contributed by atoms with Gasteiger partial charge in [-0.15, -0.1) is 0 Å². The van der Waals surface area contributed by atoms with Gasteiger partial charge in [0.25, 0.3) is 17.6 Å². The molecule has 1 N–H and O–H groups in total. The predicted molar refractivity (Wildman–Crippen MR) is 152 cm³/mol. The van der Waals surface area contributed by atoms with Crippen LogP contribution in [0.2, 0.25) is 0 Å². The van der Waals surface area contributed by atoms with Gasteiger partial charge in [-0.2, -0.15) is 0 Å². The van der Waals surface area contributed by atoms with Crippen molar-refractivity contribution >= 4 is 28.5 Å². The van der Waals surface area contributed by atoms with E-state index in [4.69, 9.17) is 9.47 Å². The highest BCUT2D eigenvalue weighted by molar-refractivity contribution is 6.44. The molecule has 2 aromatic carbocycles. The Balaban J connectivity index is 1.65. The first-order valence-electron chi connectivity index (χ1n) is 13.7. The number of aromatic nitrogens is 1. The number of rotatable bonds is 8. The lowest BCUT2D eigenvalue weighted by molar-refractivity contribution is -0.207. The van der Waals surface area contributed by atoms with Crippen LogP contribution in [0.1, 0.15) is 66.3 Å². The van der Waals surface area contributed by atoms with Gasteiger partial charge in [-0.25, -0.2) is 4.39 Å². The first-order valence-corrected chi connectivity index (χ1v) is 13.7.